The average molecular weight is 793 g/mol. The van der Waals surface area contributed by atoms with E-state index in [4.69, 9.17) is 38.9 Å². The number of methoxy groups -OCH3 is 2. The minimum Gasteiger partial charge on any atom is -0.493 e. The van der Waals surface area contributed by atoms with E-state index in [2.05, 4.69) is 11.9 Å². The van der Waals surface area contributed by atoms with Crippen molar-refractivity contribution in [3.63, 3.8) is 0 Å². The molecule has 16 nitrogen and oxygen atoms in total. The Labute approximate surface area is 332 Å². The number of ether oxygens (including phenoxy) is 7. The van der Waals surface area contributed by atoms with Crippen molar-refractivity contribution in [2.45, 2.75) is 85.1 Å². The van der Waals surface area contributed by atoms with E-state index < -0.39 is 47.6 Å². The van der Waals surface area contributed by atoms with Crippen molar-refractivity contribution < 1.29 is 57.1 Å². The van der Waals surface area contributed by atoms with Crippen molar-refractivity contribution in [1.29, 1.82) is 0 Å². The molecule has 4 rings (SSSR count). The van der Waals surface area contributed by atoms with E-state index in [9.17, 15) is 24.0 Å². The Morgan fingerprint density at radius 1 is 0.825 bits per heavy atom. The molecule has 2 aliphatic rings. The topological polar surface area (TPSA) is 194 Å². The zero-order chi connectivity index (χ0) is 42.2. The van der Waals surface area contributed by atoms with Gasteiger partial charge in [-0.25, -0.2) is 4.79 Å². The molecule has 2 aromatic rings. The number of nitrogen functional groups attached to an aromatic ring is 1. The fourth-order valence-corrected chi connectivity index (χ4v) is 6.24. The van der Waals surface area contributed by atoms with Gasteiger partial charge in [0.25, 0.3) is 11.8 Å². The Morgan fingerprint density at radius 2 is 1.33 bits per heavy atom. The van der Waals surface area contributed by atoms with E-state index in [0.717, 1.165) is 11.1 Å². The highest BCUT2D eigenvalue weighted by Gasteiger charge is 2.36. The molecule has 3 N–H and O–H groups in total. The van der Waals surface area contributed by atoms with Crippen molar-refractivity contribution in [3.05, 3.63) is 71.6 Å². The number of amides is 3. The number of benzene rings is 2. The van der Waals surface area contributed by atoms with Crippen LogP contribution in [-0.4, -0.2) is 97.5 Å². The number of carbonyl (C=O) groups is 5. The lowest BCUT2D eigenvalue weighted by atomic mass is 10.0. The van der Waals surface area contributed by atoms with E-state index in [0.29, 0.717) is 12.8 Å². The highest BCUT2D eigenvalue weighted by Crippen LogP contribution is 2.40. The number of rotatable bonds is 16. The van der Waals surface area contributed by atoms with Crippen LogP contribution in [0.5, 0.6) is 23.0 Å². The largest absolute Gasteiger partial charge is 0.493 e. The molecule has 1 unspecified atom stereocenters. The predicted octanol–water partition coefficient (Wildman–Crippen LogP) is 6.01. The summed E-state index contributed by atoms with van der Waals surface area (Å²) in [5, 5.41) is 2.63. The maximum Gasteiger partial charge on any atom is 0.411 e. The summed E-state index contributed by atoms with van der Waals surface area (Å²) in [5.74, 6) is -1.02. The molecule has 0 spiro atoms. The summed E-state index contributed by atoms with van der Waals surface area (Å²) < 4.78 is 39.7. The molecule has 0 bridgehead atoms. The smallest absolute Gasteiger partial charge is 0.411 e. The zero-order valence-electron chi connectivity index (χ0n) is 33.9. The second kappa shape index (κ2) is 18.6. The van der Waals surface area contributed by atoms with Gasteiger partial charge in [-0.2, -0.15) is 0 Å². The second-order valence-corrected chi connectivity index (χ2v) is 14.3. The van der Waals surface area contributed by atoms with E-state index >= 15 is 0 Å². The number of carbonyl (C=O) groups excluding carboxylic acids is 5. The van der Waals surface area contributed by atoms with Crippen LogP contribution >= 0.6 is 0 Å². The zero-order valence-corrected chi connectivity index (χ0v) is 33.9. The number of esters is 2. The van der Waals surface area contributed by atoms with E-state index in [1.807, 2.05) is 13.8 Å². The van der Waals surface area contributed by atoms with Gasteiger partial charge >= 0.3 is 18.0 Å². The quantitative estimate of drug-likeness (QED) is 0.0870. The van der Waals surface area contributed by atoms with E-state index in [1.165, 1.54) is 68.2 Å². The summed E-state index contributed by atoms with van der Waals surface area (Å²) in [6.45, 7) is 15.1. The van der Waals surface area contributed by atoms with Crippen LogP contribution in [0.1, 0.15) is 82.0 Å². The molecule has 57 heavy (non-hydrogen) atoms. The molecule has 3 atom stereocenters. The van der Waals surface area contributed by atoms with Crippen LogP contribution in [0, 0.1) is 0 Å². The molecule has 0 saturated heterocycles. The first kappa shape index (κ1) is 43.5. The lowest BCUT2D eigenvalue weighted by Gasteiger charge is -2.34. The summed E-state index contributed by atoms with van der Waals surface area (Å²) >= 11 is 0. The van der Waals surface area contributed by atoms with Gasteiger partial charge in [-0.3, -0.25) is 24.5 Å². The van der Waals surface area contributed by atoms with Gasteiger partial charge in [0, 0.05) is 44.1 Å². The molecule has 0 aliphatic carbocycles. The number of hydrogen-bond donors (Lipinski definition) is 2. The summed E-state index contributed by atoms with van der Waals surface area (Å²) in [7, 11) is 2.84. The van der Waals surface area contributed by atoms with Crippen LogP contribution in [0.2, 0.25) is 0 Å². The van der Waals surface area contributed by atoms with Crippen LogP contribution in [0.15, 0.2) is 60.5 Å². The normalized spacial score (nSPS) is 16.8. The van der Waals surface area contributed by atoms with E-state index in [-0.39, 0.29) is 71.4 Å². The summed E-state index contributed by atoms with van der Waals surface area (Å²) in [5.41, 5.74) is 7.60. The number of anilines is 2. The molecule has 2 aliphatic heterocycles. The highest BCUT2D eigenvalue weighted by atomic mass is 16.6. The number of hydrogen-bond acceptors (Lipinski definition) is 13. The summed E-state index contributed by atoms with van der Waals surface area (Å²) in [6.07, 6.45) is 4.23. The summed E-state index contributed by atoms with van der Waals surface area (Å²) in [6, 6.07) is 5.03. The van der Waals surface area contributed by atoms with Gasteiger partial charge in [0.05, 0.1) is 43.1 Å². The van der Waals surface area contributed by atoms with Gasteiger partial charge in [0.1, 0.15) is 31.5 Å². The fourth-order valence-electron chi connectivity index (χ4n) is 6.24. The molecule has 308 valence electrons. The molecule has 3 amide bonds. The molecule has 2 heterocycles. The molecule has 16 heteroatoms. The Morgan fingerprint density at radius 3 is 1.84 bits per heavy atom. The van der Waals surface area contributed by atoms with Gasteiger partial charge in [-0.05, 0) is 59.6 Å². The van der Waals surface area contributed by atoms with Crippen LogP contribution < -0.4 is 30.0 Å². The molecule has 2 aromatic carbocycles. The molecule has 0 aromatic heterocycles. The molecule has 0 saturated carbocycles. The van der Waals surface area contributed by atoms with Crippen molar-refractivity contribution in [2.24, 2.45) is 0 Å². The lowest BCUT2D eigenvalue weighted by Crippen LogP contribution is -2.43. The first-order valence-electron chi connectivity index (χ1n) is 18.2. The minimum atomic E-state index is -1.10. The monoisotopic (exact) mass is 792 g/mol. The third kappa shape index (κ3) is 10.8. The van der Waals surface area contributed by atoms with Gasteiger partial charge in [-0.1, -0.05) is 23.8 Å². The van der Waals surface area contributed by atoms with Crippen LogP contribution in [-0.2, 0) is 23.8 Å². The first-order chi connectivity index (χ1) is 26.9. The second-order valence-electron chi connectivity index (χ2n) is 14.3. The molecule has 0 fully saturated rings. The standard InChI is InChI=1S/C41H52N4O12/c1-11-12-53-40(50)43-33-18-36(34(51-9)16-31(33)39(49)45-20-24(3)14-29(45)22-55-27(6)47)56-25(4)41(7,8)57-37-17-32(42)30(15-35(37)52-10)38(48)44-19-23(2)13-28(44)21-54-26(5)46/h11,15-20,25,28-29H,1,12-14,21-22,42H2,2-10H3,(H,43,50)/t25?,28-,29-/m0/s1. The third-order valence-electron chi connectivity index (χ3n) is 9.37. The van der Waals surface area contributed by atoms with Crippen molar-refractivity contribution in [1.82, 2.24) is 9.80 Å². The molecular formula is C41H52N4O12. The van der Waals surface area contributed by atoms with Crippen LogP contribution in [0.25, 0.3) is 0 Å². The number of nitrogens with zero attached hydrogens (tertiary/aromatic N) is 2. The Balaban J connectivity index is 1.62. The van der Waals surface area contributed by atoms with Gasteiger partial charge < -0.3 is 48.7 Å². The van der Waals surface area contributed by atoms with Gasteiger partial charge in [0.15, 0.2) is 23.0 Å². The number of nitrogens with two attached hydrogens (primary N) is 1. The lowest BCUT2D eigenvalue weighted by molar-refractivity contribution is -0.143. The highest BCUT2D eigenvalue weighted by molar-refractivity contribution is 6.04. The summed E-state index contributed by atoms with van der Waals surface area (Å²) in [4.78, 5) is 66.6. The Bertz CT molecular complexity index is 1960. The molecular weight excluding hydrogens is 740 g/mol. The average Bonchev–Trinajstić information content (AvgIpc) is 3.72. The predicted molar refractivity (Wildman–Crippen MR) is 210 cm³/mol. The maximum absolute atomic E-state index is 14.1. The Hall–Kier alpha value is -6.19. The van der Waals surface area contributed by atoms with E-state index in [1.54, 1.807) is 33.2 Å². The first-order valence-corrected chi connectivity index (χ1v) is 18.2. The van der Waals surface area contributed by atoms with Crippen LogP contribution in [0.3, 0.4) is 0 Å². The van der Waals surface area contributed by atoms with Crippen molar-refractivity contribution >= 4 is 41.2 Å². The Kier molecular flexibility index (Phi) is 14.2. The molecule has 0 radical (unpaired) electrons. The fraction of sp³-hybridized carbons (Fsp3) is 0.439. The van der Waals surface area contributed by atoms with Crippen molar-refractivity contribution in [3.8, 4) is 23.0 Å². The SMILES string of the molecule is C=CCOC(=O)Nc1cc(OC(C)C(C)(C)Oc2cc(N)c(C(=O)N3C=C(C)C[C@H]3COC(C)=O)cc2OC)c(OC)cc1C(=O)N1C=C(C)C[C@H]1COC(C)=O. The van der Waals surface area contributed by atoms with Gasteiger partial charge in [-0.15, -0.1) is 0 Å². The maximum atomic E-state index is 14.1. The minimum absolute atomic E-state index is 0.0208. The number of nitrogens with one attached hydrogen (secondary N) is 1. The third-order valence-corrected chi connectivity index (χ3v) is 9.37. The van der Waals surface area contributed by atoms with Crippen molar-refractivity contribution in [2.75, 3.05) is 45.1 Å². The van der Waals surface area contributed by atoms with Crippen LogP contribution in [0.4, 0.5) is 16.2 Å². The van der Waals surface area contributed by atoms with Gasteiger partial charge in [0.2, 0.25) is 0 Å².